The Morgan fingerprint density at radius 3 is 2.30 bits per heavy atom. The van der Waals surface area contributed by atoms with Crippen LogP contribution in [0, 0.1) is 6.92 Å². The van der Waals surface area contributed by atoms with Gasteiger partial charge < -0.3 is 9.80 Å². The maximum Gasteiger partial charge on any atom is 0.259 e. The van der Waals surface area contributed by atoms with Gasteiger partial charge in [0.25, 0.3) is 11.8 Å². The first-order valence-corrected chi connectivity index (χ1v) is 9.06. The SMILES string of the molecule is Cc1nn2cccnc2c1C(=O)N1CCN(C(=O)c2ccc(Cl)cc2)CC1. The third-order valence-corrected chi connectivity index (χ3v) is 4.98. The van der Waals surface area contributed by atoms with Gasteiger partial charge in [0.2, 0.25) is 0 Å². The van der Waals surface area contributed by atoms with Crippen molar-refractivity contribution in [2.45, 2.75) is 6.92 Å². The first-order valence-electron chi connectivity index (χ1n) is 8.68. The molecule has 4 rings (SSSR count). The highest BCUT2D eigenvalue weighted by atomic mass is 35.5. The van der Waals surface area contributed by atoms with Crippen LogP contribution >= 0.6 is 11.6 Å². The zero-order valence-electron chi connectivity index (χ0n) is 14.8. The number of piperazine rings is 1. The number of hydrogen-bond acceptors (Lipinski definition) is 4. The summed E-state index contributed by atoms with van der Waals surface area (Å²) in [5.41, 5.74) is 2.33. The van der Waals surface area contributed by atoms with E-state index in [9.17, 15) is 9.59 Å². The van der Waals surface area contributed by atoms with Crippen LogP contribution in [-0.2, 0) is 0 Å². The average Bonchev–Trinajstić information content (AvgIpc) is 3.03. The Labute approximate surface area is 161 Å². The first kappa shape index (κ1) is 17.5. The fourth-order valence-electron chi connectivity index (χ4n) is 3.29. The highest BCUT2D eigenvalue weighted by molar-refractivity contribution is 6.30. The Hall–Kier alpha value is -2.93. The number of rotatable bonds is 2. The largest absolute Gasteiger partial charge is 0.335 e. The van der Waals surface area contributed by atoms with Crippen LogP contribution in [0.15, 0.2) is 42.7 Å². The summed E-state index contributed by atoms with van der Waals surface area (Å²) in [6.07, 6.45) is 3.42. The molecule has 0 atom stereocenters. The van der Waals surface area contributed by atoms with E-state index in [0.717, 1.165) is 0 Å². The molecule has 2 amide bonds. The number of aryl methyl sites for hydroxylation is 1. The van der Waals surface area contributed by atoms with Crippen molar-refractivity contribution in [1.29, 1.82) is 0 Å². The van der Waals surface area contributed by atoms with Crippen LogP contribution in [0.1, 0.15) is 26.4 Å². The summed E-state index contributed by atoms with van der Waals surface area (Å²) >= 11 is 5.88. The highest BCUT2D eigenvalue weighted by Gasteiger charge is 2.28. The van der Waals surface area contributed by atoms with Crippen molar-refractivity contribution < 1.29 is 9.59 Å². The molecule has 0 radical (unpaired) electrons. The zero-order valence-corrected chi connectivity index (χ0v) is 15.6. The minimum atomic E-state index is -0.0974. The van der Waals surface area contributed by atoms with Gasteiger partial charge >= 0.3 is 0 Å². The fourth-order valence-corrected chi connectivity index (χ4v) is 3.42. The lowest BCUT2D eigenvalue weighted by atomic mass is 10.1. The molecule has 7 nitrogen and oxygen atoms in total. The van der Waals surface area contributed by atoms with Crippen LogP contribution in [0.2, 0.25) is 5.02 Å². The monoisotopic (exact) mass is 383 g/mol. The molecule has 3 heterocycles. The number of amides is 2. The molecule has 2 aromatic heterocycles. The molecule has 1 aromatic carbocycles. The molecular weight excluding hydrogens is 366 g/mol. The Morgan fingerprint density at radius 1 is 1.00 bits per heavy atom. The summed E-state index contributed by atoms with van der Waals surface area (Å²) in [5, 5.41) is 4.95. The summed E-state index contributed by atoms with van der Waals surface area (Å²) in [5.74, 6) is -0.146. The second-order valence-corrected chi connectivity index (χ2v) is 6.88. The molecule has 27 heavy (non-hydrogen) atoms. The number of carbonyl (C=O) groups excluding carboxylic acids is 2. The zero-order chi connectivity index (χ0) is 19.0. The van der Waals surface area contributed by atoms with Crippen molar-refractivity contribution >= 4 is 29.1 Å². The van der Waals surface area contributed by atoms with Crippen LogP contribution < -0.4 is 0 Å². The molecule has 1 aliphatic heterocycles. The van der Waals surface area contributed by atoms with Crippen LogP contribution in [0.5, 0.6) is 0 Å². The molecule has 0 spiro atoms. The van der Waals surface area contributed by atoms with Gasteiger partial charge in [-0.05, 0) is 37.3 Å². The molecule has 0 N–H and O–H groups in total. The number of hydrogen-bond donors (Lipinski definition) is 0. The Bertz CT molecular complexity index is 1010. The van der Waals surface area contributed by atoms with Gasteiger partial charge in [-0.1, -0.05) is 11.6 Å². The number of carbonyl (C=O) groups is 2. The molecule has 0 aliphatic carbocycles. The van der Waals surface area contributed by atoms with E-state index in [1.54, 1.807) is 57.0 Å². The lowest BCUT2D eigenvalue weighted by Gasteiger charge is -2.34. The molecule has 138 valence electrons. The molecule has 0 bridgehead atoms. The Morgan fingerprint density at radius 2 is 1.63 bits per heavy atom. The van der Waals surface area contributed by atoms with Gasteiger partial charge in [0.15, 0.2) is 5.65 Å². The third kappa shape index (κ3) is 3.26. The van der Waals surface area contributed by atoms with Crippen LogP contribution in [0.4, 0.5) is 0 Å². The van der Waals surface area contributed by atoms with E-state index in [1.165, 1.54) is 0 Å². The second-order valence-electron chi connectivity index (χ2n) is 6.44. The predicted molar refractivity (Wildman–Crippen MR) is 101 cm³/mol. The van der Waals surface area contributed by atoms with Crippen molar-refractivity contribution in [3.8, 4) is 0 Å². The molecule has 8 heteroatoms. The van der Waals surface area contributed by atoms with E-state index in [4.69, 9.17) is 11.6 Å². The second kappa shape index (κ2) is 7.00. The van der Waals surface area contributed by atoms with Gasteiger partial charge in [0.05, 0.1) is 5.69 Å². The van der Waals surface area contributed by atoms with Gasteiger partial charge in [0.1, 0.15) is 5.56 Å². The number of fused-ring (bicyclic) bond motifs is 1. The summed E-state index contributed by atoms with van der Waals surface area (Å²) in [6, 6.07) is 8.62. The van der Waals surface area contributed by atoms with Crippen molar-refractivity contribution in [2.75, 3.05) is 26.2 Å². The fraction of sp³-hybridized carbons (Fsp3) is 0.263. The summed E-state index contributed by atoms with van der Waals surface area (Å²) in [6.45, 7) is 3.73. The van der Waals surface area contributed by atoms with Gasteiger partial charge in [-0.2, -0.15) is 5.10 Å². The van der Waals surface area contributed by atoms with E-state index in [-0.39, 0.29) is 11.8 Å². The summed E-state index contributed by atoms with van der Waals surface area (Å²) in [7, 11) is 0. The van der Waals surface area contributed by atoms with Crippen molar-refractivity contribution in [2.24, 2.45) is 0 Å². The van der Waals surface area contributed by atoms with Crippen molar-refractivity contribution in [3.05, 3.63) is 64.6 Å². The van der Waals surface area contributed by atoms with Crippen molar-refractivity contribution in [3.63, 3.8) is 0 Å². The molecule has 1 aliphatic rings. The smallest absolute Gasteiger partial charge is 0.259 e. The number of halogens is 1. The Balaban J connectivity index is 1.47. The van der Waals surface area contributed by atoms with E-state index >= 15 is 0 Å². The topological polar surface area (TPSA) is 70.8 Å². The first-order chi connectivity index (χ1) is 13.0. The van der Waals surface area contributed by atoms with E-state index in [2.05, 4.69) is 10.1 Å². The lowest BCUT2D eigenvalue weighted by molar-refractivity contribution is 0.0536. The van der Waals surface area contributed by atoms with Crippen molar-refractivity contribution in [1.82, 2.24) is 24.4 Å². The molecule has 3 aromatic rings. The summed E-state index contributed by atoms with van der Waals surface area (Å²) in [4.78, 5) is 33.4. The minimum Gasteiger partial charge on any atom is -0.335 e. The van der Waals surface area contributed by atoms with Crippen LogP contribution in [0.25, 0.3) is 5.65 Å². The third-order valence-electron chi connectivity index (χ3n) is 4.73. The Kier molecular flexibility index (Phi) is 4.53. The molecule has 1 fully saturated rings. The molecular formula is C19H18ClN5O2. The number of aromatic nitrogens is 3. The lowest BCUT2D eigenvalue weighted by Crippen LogP contribution is -2.50. The normalized spacial score (nSPS) is 14.6. The van der Waals surface area contributed by atoms with E-state index in [1.807, 2.05) is 6.92 Å². The standard InChI is InChI=1S/C19H18ClN5O2/c1-13-16(17-21-7-2-8-25(17)22-13)19(27)24-11-9-23(10-12-24)18(26)14-3-5-15(20)6-4-14/h2-8H,9-12H2,1H3. The number of nitrogens with zero attached hydrogens (tertiary/aromatic N) is 5. The molecule has 1 saturated heterocycles. The maximum atomic E-state index is 13.0. The molecule has 0 saturated carbocycles. The molecule has 0 unspecified atom stereocenters. The maximum absolute atomic E-state index is 13.0. The van der Waals surface area contributed by atoms with Gasteiger partial charge in [-0.25, -0.2) is 9.50 Å². The van der Waals surface area contributed by atoms with Gasteiger partial charge in [-0.15, -0.1) is 0 Å². The highest BCUT2D eigenvalue weighted by Crippen LogP contribution is 2.18. The van der Waals surface area contributed by atoms with Gasteiger partial charge in [0, 0.05) is 49.2 Å². The summed E-state index contributed by atoms with van der Waals surface area (Å²) < 4.78 is 1.61. The van der Waals surface area contributed by atoms with E-state index < -0.39 is 0 Å². The van der Waals surface area contributed by atoms with Crippen LogP contribution in [0.3, 0.4) is 0 Å². The average molecular weight is 384 g/mol. The quantitative estimate of drug-likeness (QED) is 0.680. The van der Waals surface area contributed by atoms with Crippen LogP contribution in [-0.4, -0.2) is 62.4 Å². The van der Waals surface area contributed by atoms with E-state index in [0.29, 0.717) is 53.7 Å². The van der Waals surface area contributed by atoms with Gasteiger partial charge in [-0.3, -0.25) is 9.59 Å². The number of benzene rings is 1. The minimum absolute atomic E-state index is 0.0485. The predicted octanol–water partition coefficient (Wildman–Crippen LogP) is 2.29.